The zero-order valence-corrected chi connectivity index (χ0v) is 18.4. The maximum absolute atomic E-state index is 11.6. The van der Waals surface area contributed by atoms with Crippen LogP contribution in [0, 0.1) is 0 Å². The Morgan fingerprint density at radius 1 is 0.929 bits per heavy atom. The molecule has 0 radical (unpaired) electrons. The van der Waals surface area contributed by atoms with Gasteiger partial charge < -0.3 is 9.84 Å². The fraction of sp³-hybridized carbons (Fsp3) is 0.708. The van der Waals surface area contributed by atoms with Crippen molar-refractivity contribution < 1.29 is 14.6 Å². The first-order chi connectivity index (χ1) is 13.3. The minimum absolute atomic E-state index is 0.537. The van der Waals surface area contributed by atoms with E-state index in [4.69, 9.17) is 4.74 Å². The van der Waals surface area contributed by atoms with Crippen LogP contribution in [-0.4, -0.2) is 23.0 Å². The molecular formula is C24H41NO3. The van der Waals surface area contributed by atoms with Crippen molar-refractivity contribution in [3.05, 3.63) is 35.4 Å². The van der Waals surface area contributed by atoms with Gasteiger partial charge in [-0.05, 0) is 70.4 Å². The number of carbonyl (C=O) groups excluding carboxylic acids is 1. The molecule has 160 valence electrons. The second-order valence-electron chi connectivity index (χ2n) is 8.74. The van der Waals surface area contributed by atoms with E-state index in [1.165, 1.54) is 56.1 Å². The van der Waals surface area contributed by atoms with Crippen molar-refractivity contribution in [3.8, 4) is 0 Å². The quantitative estimate of drug-likeness (QED) is 0.313. The second-order valence-corrected chi connectivity index (χ2v) is 8.74. The van der Waals surface area contributed by atoms with Crippen LogP contribution in [0.3, 0.4) is 0 Å². The lowest BCUT2D eigenvalue weighted by molar-refractivity contribution is 0.0341. The largest absolute Gasteiger partial charge is 0.444 e. The highest BCUT2D eigenvalue weighted by molar-refractivity contribution is 5.67. The molecule has 2 N–H and O–H groups in total. The van der Waals surface area contributed by atoms with E-state index in [9.17, 15) is 9.90 Å². The van der Waals surface area contributed by atoms with Crippen molar-refractivity contribution in [1.29, 1.82) is 0 Å². The molecule has 1 rings (SSSR count). The van der Waals surface area contributed by atoms with Gasteiger partial charge >= 0.3 is 6.09 Å². The Morgan fingerprint density at radius 2 is 1.43 bits per heavy atom. The van der Waals surface area contributed by atoms with Crippen LogP contribution in [0.1, 0.15) is 96.6 Å². The summed E-state index contributed by atoms with van der Waals surface area (Å²) >= 11 is 0. The number of rotatable bonds is 13. The first-order valence-corrected chi connectivity index (χ1v) is 11.1. The van der Waals surface area contributed by atoms with Gasteiger partial charge in [-0.1, -0.05) is 63.3 Å². The number of unbranched alkanes of at least 4 members (excludes halogenated alkanes) is 6. The number of aliphatic hydroxyl groups excluding tert-OH is 1. The minimum atomic E-state index is -0.852. The highest BCUT2D eigenvalue weighted by Gasteiger charge is 2.17. The number of alkyl carbamates (subject to hydrolysis) is 1. The van der Waals surface area contributed by atoms with Crippen molar-refractivity contribution in [2.75, 3.05) is 0 Å². The van der Waals surface area contributed by atoms with Crippen LogP contribution in [0.25, 0.3) is 0 Å². The Morgan fingerprint density at radius 3 is 1.96 bits per heavy atom. The number of aryl methyl sites for hydroxylation is 2. The Hall–Kier alpha value is -1.55. The lowest BCUT2D eigenvalue weighted by Gasteiger charge is -2.21. The Bertz CT molecular complexity index is 534. The predicted molar refractivity (Wildman–Crippen MR) is 116 cm³/mol. The van der Waals surface area contributed by atoms with Gasteiger partial charge in [0.25, 0.3) is 0 Å². The average Bonchev–Trinajstić information content (AvgIpc) is 2.61. The number of aliphatic hydroxyl groups is 1. The van der Waals surface area contributed by atoms with Gasteiger partial charge in [-0.15, -0.1) is 0 Å². The third-order valence-corrected chi connectivity index (χ3v) is 4.72. The molecule has 0 saturated carbocycles. The van der Waals surface area contributed by atoms with E-state index in [-0.39, 0.29) is 0 Å². The summed E-state index contributed by atoms with van der Waals surface area (Å²) in [4.78, 5) is 11.6. The number of ether oxygens (including phenoxy) is 1. The third kappa shape index (κ3) is 12.8. The van der Waals surface area contributed by atoms with Gasteiger partial charge in [0.05, 0.1) is 0 Å². The zero-order chi connectivity index (χ0) is 20.8. The van der Waals surface area contributed by atoms with E-state index >= 15 is 0 Å². The number of hydrogen-bond acceptors (Lipinski definition) is 3. The van der Waals surface area contributed by atoms with Crippen molar-refractivity contribution >= 4 is 6.09 Å². The van der Waals surface area contributed by atoms with Gasteiger partial charge in [0.1, 0.15) is 11.8 Å². The van der Waals surface area contributed by atoms with Crippen LogP contribution in [0.15, 0.2) is 24.3 Å². The van der Waals surface area contributed by atoms with E-state index in [1.807, 2.05) is 0 Å². The SMILES string of the molecule is CCCCCCCCc1ccc(CCCCC(O)NC(=O)OC(C)(C)C)cc1. The molecule has 0 aliphatic rings. The predicted octanol–water partition coefficient (Wildman–Crippen LogP) is 6.15. The normalized spacial score (nSPS) is 12.6. The molecule has 0 aromatic heterocycles. The van der Waals surface area contributed by atoms with E-state index in [0.717, 1.165) is 19.3 Å². The molecule has 1 unspecified atom stereocenters. The molecule has 1 aromatic rings. The van der Waals surface area contributed by atoms with Crippen LogP contribution in [0.2, 0.25) is 0 Å². The topological polar surface area (TPSA) is 58.6 Å². The molecule has 28 heavy (non-hydrogen) atoms. The molecule has 0 saturated heterocycles. The summed E-state index contributed by atoms with van der Waals surface area (Å²) in [5.41, 5.74) is 2.21. The van der Waals surface area contributed by atoms with Gasteiger partial charge in [0.15, 0.2) is 0 Å². The maximum Gasteiger partial charge on any atom is 0.409 e. The van der Waals surface area contributed by atoms with Crippen LogP contribution in [0.4, 0.5) is 4.79 Å². The lowest BCUT2D eigenvalue weighted by atomic mass is 10.0. The number of nitrogens with one attached hydrogen (secondary N) is 1. The zero-order valence-electron chi connectivity index (χ0n) is 18.4. The molecule has 1 amide bonds. The first kappa shape index (κ1) is 24.5. The molecule has 0 spiro atoms. The Labute approximate surface area is 172 Å². The maximum atomic E-state index is 11.6. The summed E-state index contributed by atoms with van der Waals surface area (Å²) in [6.45, 7) is 7.66. The number of benzene rings is 1. The summed E-state index contributed by atoms with van der Waals surface area (Å²) in [5.74, 6) is 0. The summed E-state index contributed by atoms with van der Waals surface area (Å²) in [5, 5.41) is 12.4. The van der Waals surface area contributed by atoms with Gasteiger partial charge in [0.2, 0.25) is 0 Å². The Balaban J connectivity index is 2.14. The van der Waals surface area contributed by atoms with Crippen molar-refractivity contribution in [3.63, 3.8) is 0 Å². The summed E-state index contributed by atoms with van der Waals surface area (Å²) in [6, 6.07) is 8.95. The summed E-state index contributed by atoms with van der Waals surface area (Å²) in [7, 11) is 0. The molecule has 1 atom stereocenters. The molecule has 4 heteroatoms. The van der Waals surface area contributed by atoms with Crippen LogP contribution >= 0.6 is 0 Å². The third-order valence-electron chi connectivity index (χ3n) is 4.72. The van der Waals surface area contributed by atoms with Crippen LogP contribution < -0.4 is 5.32 Å². The lowest BCUT2D eigenvalue weighted by Crippen LogP contribution is -2.39. The van der Waals surface area contributed by atoms with Gasteiger partial charge in [-0.25, -0.2) is 4.79 Å². The van der Waals surface area contributed by atoms with Crippen molar-refractivity contribution in [2.45, 2.75) is 110 Å². The highest BCUT2D eigenvalue weighted by Crippen LogP contribution is 2.13. The fourth-order valence-electron chi connectivity index (χ4n) is 3.16. The second kappa shape index (κ2) is 13.6. The van der Waals surface area contributed by atoms with Crippen molar-refractivity contribution in [2.24, 2.45) is 0 Å². The summed E-state index contributed by atoms with van der Waals surface area (Å²) in [6.07, 6.45) is 11.2. The minimum Gasteiger partial charge on any atom is -0.444 e. The smallest absolute Gasteiger partial charge is 0.409 e. The van der Waals surface area contributed by atoms with Crippen LogP contribution in [-0.2, 0) is 17.6 Å². The standard InChI is InChI=1S/C24H41NO3/c1-5-6-7-8-9-10-13-20-16-18-21(19-17-20)14-11-12-15-22(26)25-23(27)28-24(2,3)4/h16-19,22,26H,5-15H2,1-4H3,(H,25,27). The Kier molecular flexibility index (Phi) is 11.9. The average molecular weight is 392 g/mol. The summed E-state index contributed by atoms with van der Waals surface area (Å²) < 4.78 is 5.14. The molecule has 0 aliphatic carbocycles. The molecule has 0 aliphatic heterocycles. The monoisotopic (exact) mass is 391 g/mol. The van der Waals surface area contributed by atoms with E-state index < -0.39 is 17.9 Å². The van der Waals surface area contributed by atoms with Gasteiger partial charge in [0, 0.05) is 0 Å². The van der Waals surface area contributed by atoms with E-state index in [0.29, 0.717) is 6.42 Å². The van der Waals surface area contributed by atoms with Gasteiger partial charge in [-0.3, -0.25) is 5.32 Å². The molecule has 1 aromatic carbocycles. The van der Waals surface area contributed by atoms with Crippen molar-refractivity contribution in [1.82, 2.24) is 5.32 Å². The first-order valence-electron chi connectivity index (χ1n) is 11.1. The molecule has 0 heterocycles. The van der Waals surface area contributed by atoms with E-state index in [1.54, 1.807) is 20.8 Å². The number of hydrogen-bond donors (Lipinski definition) is 2. The molecular weight excluding hydrogens is 350 g/mol. The van der Waals surface area contributed by atoms with Gasteiger partial charge in [-0.2, -0.15) is 0 Å². The molecule has 4 nitrogen and oxygen atoms in total. The number of carbonyl (C=O) groups is 1. The van der Waals surface area contributed by atoms with Crippen LogP contribution in [0.5, 0.6) is 0 Å². The van der Waals surface area contributed by atoms with E-state index in [2.05, 4.69) is 36.5 Å². The highest BCUT2D eigenvalue weighted by atomic mass is 16.6. The molecule has 0 fully saturated rings. The fourth-order valence-corrected chi connectivity index (χ4v) is 3.16. The number of amides is 1. The molecule has 0 bridgehead atoms.